The summed E-state index contributed by atoms with van der Waals surface area (Å²) in [5, 5.41) is 8.44. The van der Waals surface area contributed by atoms with Crippen LogP contribution in [0.4, 0.5) is 10.8 Å². The van der Waals surface area contributed by atoms with Gasteiger partial charge in [-0.1, -0.05) is 13.8 Å². The highest BCUT2D eigenvalue weighted by Crippen LogP contribution is 2.39. The second-order valence-electron chi connectivity index (χ2n) is 5.20. The average molecular weight is 263 g/mol. The molecule has 3 rings (SSSR count). The van der Waals surface area contributed by atoms with Crippen LogP contribution in [-0.2, 0) is 6.54 Å². The fraction of sp³-hybridized carbons (Fsp3) is 0.583. The van der Waals surface area contributed by atoms with Crippen molar-refractivity contribution in [2.24, 2.45) is 5.92 Å². The summed E-state index contributed by atoms with van der Waals surface area (Å²) in [6, 6.07) is 0. The van der Waals surface area contributed by atoms with E-state index in [0.717, 1.165) is 23.2 Å². The zero-order chi connectivity index (χ0) is 12.5. The molecule has 0 radical (unpaired) electrons. The maximum absolute atomic E-state index is 4.50. The predicted molar refractivity (Wildman–Crippen MR) is 72.2 cm³/mol. The minimum absolute atomic E-state index is 0.598. The van der Waals surface area contributed by atoms with Crippen molar-refractivity contribution in [1.29, 1.82) is 0 Å². The average Bonchev–Trinajstić information content (AvgIpc) is 2.92. The first-order valence-corrected chi connectivity index (χ1v) is 7.11. The zero-order valence-electron chi connectivity index (χ0n) is 10.6. The molecule has 0 saturated heterocycles. The highest BCUT2D eigenvalue weighted by Gasteiger charge is 2.27. The third-order valence-corrected chi connectivity index (χ3v) is 3.47. The van der Waals surface area contributed by atoms with E-state index in [2.05, 4.69) is 33.6 Å². The quantitative estimate of drug-likeness (QED) is 0.901. The maximum atomic E-state index is 4.50. The van der Waals surface area contributed by atoms with Crippen LogP contribution >= 0.6 is 11.5 Å². The topological polar surface area (TPSA) is 55.6 Å². The number of nitrogens with zero attached hydrogens (tertiary/aromatic N) is 4. The van der Waals surface area contributed by atoms with E-state index in [1.807, 2.05) is 17.1 Å². The Morgan fingerprint density at radius 2 is 2.33 bits per heavy atom. The Bertz CT molecular complexity index is 526. The van der Waals surface area contributed by atoms with Gasteiger partial charge in [-0.3, -0.25) is 4.68 Å². The molecule has 2 aromatic rings. The van der Waals surface area contributed by atoms with Crippen molar-refractivity contribution in [3.05, 3.63) is 18.2 Å². The fourth-order valence-electron chi connectivity index (χ4n) is 1.82. The molecule has 0 spiro atoms. The van der Waals surface area contributed by atoms with Crippen molar-refractivity contribution in [2.75, 3.05) is 5.32 Å². The molecule has 2 aromatic heterocycles. The molecule has 1 aliphatic rings. The van der Waals surface area contributed by atoms with Crippen LogP contribution in [0.3, 0.4) is 0 Å². The Hall–Kier alpha value is -1.43. The summed E-state index contributed by atoms with van der Waals surface area (Å²) in [5.74, 6) is 2.21. The molecule has 6 heteroatoms. The summed E-state index contributed by atoms with van der Waals surface area (Å²) in [6.07, 6.45) is 6.32. The lowest BCUT2D eigenvalue weighted by Gasteiger charge is -2.03. The lowest BCUT2D eigenvalue weighted by atomic mass is 10.2. The van der Waals surface area contributed by atoms with Gasteiger partial charge >= 0.3 is 0 Å². The second-order valence-corrected chi connectivity index (χ2v) is 5.95. The largest absolute Gasteiger partial charge is 0.328 e. The van der Waals surface area contributed by atoms with E-state index in [4.69, 9.17) is 0 Å². The van der Waals surface area contributed by atoms with Gasteiger partial charge in [0.2, 0.25) is 5.13 Å². The Kier molecular flexibility index (Phi) is 3.03. The highest BCUT2D eigenvalue weighted by atomic mass is 32.1. The molecule has 0 atom stereocenters. The van der Waals surface area contributed by atoms with Crippen LogP contribution in [0, 0.1) is 5.92 Å². The Labute approximate surface area is 110 Å². The molecule has 0 bridgehead atoms. The van der Waals surface area contributed by atoms with Gasteiger partial charge in [-0.25, -0.2) is 4.98 Å². The molecular formula is C12H17N5S. The smallest absolute Gasteiger partial charge is 0.207 e. The fourth-order valence-corrected chi connectivity index (χ4v) is 2.49. The summed E-state index contributed by atoms with van der Waals surface area (Å²) in [7, 11) is 0. The van der Waals surface area contributed by atoms with E-state index in [9.17, 15) is 0 Å². The Balaban J connectivity index is 1.65. The van der Waals surface area contributed by atoms with Crippen molar-refractivity contribution in [1.82, 2.24) is 19.1 Å². The van der Waals surface area contributed by atoms with Gasteiger partial charge in [-0.15, -0.1) is 0 Å². The van der Waals surface area contributed by atoms with Gasteiger partial charge in [0.25, 0.3) is 0 Å². The molecular weight excluding hydrogens is 246 g/mol. The number of aromatic nitrogens is 4. The van der Waals surface area contributed by atoms with Gasteiger partial charge in [0.1, 0.15) is 5.82 Å². The molecule has 5 nitrogen and oxygen atoms in total. The lowest BCUT2D eigenvalue weighted by Crippen LogP contribution is -2.04. The lowest BCUT2D eigenvalue weighted by molar-refractivity contribution is 0.483. The van der Waals surface area contributed by atoms with Crippen LogP contribution in [0.15, 0.2) is 12.4 Å². The van der Waals surface area contributed by atoms with E-state index < -0.39 is 0 Å². The van der Waals surface area contributed by atoms with Gasteiger partial charge in [0.05, 0.1) is 11.9 Å². The highest BCUT2D eigenvalue weighted by molar-refractivity contribution is 7.09. The van der Waals surface area contributed by atoms with Crippen molar-refractivity contribution < 1.29 is 0 Å². The van der Waals surface area contributed by atoms with E-state index in [1.165, 1.54) is 24.4 Å². The van der Waals surface area contributed by atoms with Gasteiger partial charge in [-0.05, 0) is 18.8 Å². The molecule has 0 unspecified atom stereocenters. The number of nitrogens with one attached hydrogen (secondary N) is 1. The number of anilines is 2. The predicted octanol–water partition coefficient (Wildman–Crippen LogP) is 3.01. The molecule has 96 valence electrons. The molecule has 0 amide bonds. The Morgan fingerprint density at radius 3 is 3.06 bits per heavy atom. The monoisotopic (exact) mass is 263 g/mol. The minimum Gasteiger partial charge on any atom is -0.328 e. The van der Waals surface area contributed by atoms with Crippen molar-refractivity contribution in [3.63, 3.8) is 0 Å². The first-order valence-electron chi connectivity index (χ1n) is 6.34. The first kappa shape index (κ1) is 11.6. The van der Waals surface area contributed by atoms with E-state index >= 15 is 0 Å². The van der Waals surface area contributed by atoms with E-state index in [1.54, 1.807) is 0 Å². The molecule has 18 heavy (non-hydrogen) atoms. The van der Waals surface area contributed by atoms with Gasteiger partial charge in [0.15, 0.2) is 0 Å². The second kappa shape index (κ2) is 4.68. The summed E-state index contributed by atoms with van der Waals surface area (Å²) < 4.78 is 6.32. The zero-order valence-corrected chi connectivity index (χ0v) is 11.4. The third kappa shape index (κ3) is 2.69. The van der Waals surface area contributed by atoms with Crippen LogP contribution in [0.25, 0.3) is 0 Å². The summed E-state index contributed by atoms with van der Waals surface area (Å²) in [4.78, 5) is 4.50. The van der Waals surface area contributed by atoms with E-state index in [0.29, 0.717) is 11.8 Å². The molecule has 1 N–H and O–H groups in total. The number of hydrogen-bond donors (Lipinski definition) is 1. The van der Waals surface area contributed by atoms with Gasteiger partial charge in [0, 0.05) is 30.2 Å². The number of rotatable bonds is 5. The van der Waals surface area contributed by atoms with Crippen LogP contribution in [0.2, 0.25) is 0 Å². The first-order chi connectivity index (χ1) is 8.70. The maximum Gasteiger partial charge on any atom is 0.207 e. The normalized spacial score (nSPS) is 15.3. The minimum atomic E-state index is 0.598. The standard InChI is InChI=1S/C12H17N5S/c1-8(2)6-17-7-10(5-13-17)14-12-15-11(16-18-12)9-3-4-9/h5,7-9H,3-4,6H2,1-2H3,(H,14,15,16). The van der Waals surface area contributed by atoms with Crippen molar-refractivity contribution in [2.45, 2.75) is 39.2 Å². The Morgan fingerprint density at radius 1 is 1.50 bits per heavy atom. The molecule has 0 aliphatic heterocycles. The SMILES string of the molecule is CC(C)Cn1cc(Nc2nc(C3CC3)ns2)cn1. The van der Waals surface area contributed by atoms with Crippen LogP contribution in [0.5, 0.6) is 0 Å². The molecule has 0 aromatic carbocycles. The molecule has 1 fully saturated rings. The summed E-state index contributed by atoms with van der Waals surface area (Å²) >= 11 is 1.43. The van der Waals surface area contributed by atoms with Crippen LogP contribution < -0.4 is 5.32 Å². The van der Waals surface area contributed by atoms with Crippen molar-refractivity contribution in [3.8, 4) is 0 Å². The van der Waals surface area contributed by atoms with Gasteiger partial charge in [-0.2, -0.15) is 9.47 Å². The molecule has 2 heterocycles. The molecule has 1 saturated carbocycles. The third-order valence-electron chi connectivity index (χ3n) is 2.82. The molecule has 1 aliphatic carbocycles. The van der Waals surface area contributed by atoms with Gasteiger partial charge < -0.3 is 5.32 Å². The van der Waals surface area contributed by atoms with Crippen molar-refractivity contribution >= 4 is 22.4 Å². The van der Waals surface area contributed by atoms with Crippen LogP contribution in [-0.4, -0.2) is 19.1 Å². The van der Waals surface area contributed by atoms with Crippen LogP contribution in [0.1, 0.15) is 38.4 Å². The van der Waals surface area contributed by atoms with E-state index in [-0.39, 0.29) is 0 Å². The number of hydrogen-bond acceptors (Lipinski definition) is 5. The summed E-state index contributed by atoms with van der Waals surface area (Å²) in [6.45, 7) is 5.30. The summed E-state index contributed by atoms with van der Waals surface area (Å²) in [5.41, 5.74) is 0.981.